The SMILES string of the molecule is CC(C)(O)C1CCC2(C)O[C@H]2C1. The molecule has 1 N–H and O–H groups in total. The molecule has 0 aromatic carbocycles. The fraction of sp³-hybridized carbons (Fsp3) is 1.00. The molecule has 2 unspecified atom stereocenters. The minimum Gasteiger partial charge on any atom is -0.390 e. The van der Waals surface area contributed by atoms with Crippen molar-refractivity contribution in [1.29, 1.82) is 0 Å². The van der Waals surface area contributed by atoms with Gasteiger partial charge in [0.25, 0.3) is 0 Å². The first-order chi connectivity index (χ1) is 5.42. The van der Waals surface area contributed by atoms with Gasteiger partial charge in [0.15, 0.2) is 0 Å². The minimum atomic E-state index is -0.521. The molecule has 12 heavy (non-hydrogen) atoms. The van der Waals surface area contributed by atoms with Crippen LogP contribution in [0.3, 0.4) is 0 Å². The van der Waals surface area contributed by atoms with Crippen molar-refractivity contribution in [3.8, 4) is 0 Å². The van der Waals surface area contributed by atoms with Crippen LogP contribution in [-0.4, -0.2) is 22.4 Å². The first kappa shape index (κ1) is 8.52. The molecule has 1 aliphatic heterocycles. The fourth-order valence-electron chi connectivity index (χ4n) is 2.29. The van der Waals surface area contributed by atoms with E-state index in [1.165, 1.54) is 0 Å². The van der Waals surface area contributed by atoms with Gasteiger partial charge in [-0.15, -0.1) is 0 Å². The largest absolute Gasteiger partial charge is 0.390 e. The van der Waals surface area contributed by atoms with E-state index in [1.807, 2.05) is 13.8 Å². The Bertz CT molecular complexity index is 195. The van der Waals surface area contributed by atoms with E-state index in [4.69, 9.17) is 4.74 Å². The lowest BCUT2D eigenvalue weighted by Crippen LogP contribution is -2.36. The fourth-order valence-corrected chi connectivity index (χ4v) is 2.29. The molecule has 0 amide bonds. The van der Waals surface area contributed by atoms with Gasteiger partial charge in [0.05, 0.1) is 17.3 Å². The molecule has 1 saturated carbocycles. The number of fused-ring (bicyclic) bond motifs is 1. The third kappa shape index (κ3) is 1.27. The normalized spacial score (nSPS) is 47.0. The van der Waals surface area contributed by atoms with Crippen molar-refractivity contribution in [2.45, 2.75) is 57.3 Å². The van der Waals surface area contributed by atoms with Crippen LogP contribution in [0.2, 0.25) is 0 Å². The van der Waals surface area contributed by atoms with E-state index in [0.717, 1.165) is 19.3 Å². The molecule has 2 rings (SSSR count). The minimum absolute atomic E-state index is 0.182. The predicted octanol–water partition coefficient (Wildman–Crippen LogP) is 1.71. The van der Waals surface area contributed by atoms with Crippen molar-refractivity contribution in [3.05, 3.63) is 0 Å². The van der Waals surface area contributed by atoms with Gasteiger partial charge in [0.1, 0.15) is 0 Å². The van der Waals surface area contributed by atoms with Crippen LogP contribution in [0.15, 0.2) is 0 Å². The summed E-state index contributed by atoms with van der Waals surface area (Å²) in [6, 6.07) is 0. The molecule has 1 saturated heterocycles. The van der Waals surface area contributed by atoms with E-state index < -0.39 is 5.60 Å². The Morgan fingerprint density at radius 3 is 2.67 bits per heavy atom. The first-order valence-electron chi connectivity index (χ1n) is 4.82. The summed E-state index contributed by atoms with van der Waals surface area (Å²) in [5, 5.41) is 9.81. The average Bonchev–Trinajstić information content (AvgIpc) is 2.56. The zero-order chi connectivity index (χ0) is 8.98. The van der Waals surface area contributed by atoms with E-state index in [1.54, 1.807) is 0 Å². The third-order valence-corrected chi connectivity index (χ3v) is 3.52. The molecule has 2 aliphatic rings. The monoisotopic (exact) mass is 170 g/mol. The van der Waals surface area contributed by atoms with Gasteiger partial charge in [-0.2, -0.15) is 0 Å². The highest BCUT2D eigenvalue weighted by atomic mass is 16.6. The number of ether oxygens (including phenoxy) is 1. The quantitative estimate of drug-likeness (QED) is 0.608. The molecule has 0 radical (unpaired) electrons. The molecule has 2 fully saturated rings. The molecule has 0 bridgehead atoms. The van der Waals surface area contributed by atoms with Gasteiger partial charge in [-0.25, -0.2) is 0 Å². The lowest BCUT2D eigenvalue weighted by molar-refractivity contribution is 0.00186. The van der Waals surface area contributed by atoms with Gasteiger partial charge in [0, 0.05) is 0 Å². The highest BCUT2D eigenvalue weighted by Gasteiger charge is 2.56. The van der Waals surface area contributed by atoms with Gasteiger partial charge in [-0.05, 0) is 46.0 Å². The van der Waals surface area contributed by atoms with Crippen molar-refractivity contribution in [2.75, 3.05) is 0 Å². The summed E-state index contributed by atoms with van der Waals surface area (Å²) in [7, 11) is 0. The van der Waals surface area contributed by atoms with Crippen molar-refractivity contribution in [3.63, 3.8) is 0 Å². The van der Waals surface area contributed by atoms with Crippen LogP contribution in [0.4, 0.5) is 0 Å². The maximum Gasteiger partial charge on any atom is 0.0920 e. The second-order valence-corrected chi connectivity index (χ2v) is 5.04. The predicted molar refractivity (Wildman–Crippen MR) is 46.9 cm³/mol. The Kier molecular flexibility index (Phi) is 1.59. The highest BCUT2D eigenvalue weighted by molar-refractivity contribution is 5.05. The van der Waals surface area contributed by atoms with Crippen LogP contribution in [0.25, 0.3) is 0 Å². The molecule has 1 heterocycles. The summed E-state index contributed by atoms with van der Waals surface area (Å²) in [4.78, 5) is 0. The van der Waals surface area contributed by atoms with Crippen LogP contribution in [0, 0.1) is 5.92 Å². The Morgan fingerprint density at radius 1 is 1.50 bits per heavy atom. The average molecular weight is 170 g/mol. The Morgan fingerprint density at radius 2 is 2.17 bits per heavy atom. The summed E-state index contributed by atoms with van der Waals surface area (Å²) in [5.74, 6) is 0.429. The van der Waals surface area contributed by atoms with Crippen LogP contribution >= 0.6 is 0 Å². The van der Waals surface area contributed by atoms with E-state index in [0.29, 0.717) is 12.0 Å². The van der Waals surface area contributed by atoms with Crippen LogP contribution in [-0.2, 0) is 4.74 Å². The van der Waals surface area contributed by atoms with Gasteiger partial charge in [-0.3, -0.25) is 0 Å². The van der Waals surface area contributed by atoms with E-state index in [2.05, 4.69) is 6.92 Å². The molecule has 2 nitrogen and oxygen atoms in total. The smallest absolute Gasteiger partial charge is 0.0920 e. The zero-order valence-corrected chi connectivity index (χ0v) is 8.13. The van der Waals surface area contributed by atoms with Crippen LogP contribution in [0.1, 0.15) is 40.0 Å². The summed E-state index contributed by atoms with van der Waals surface area (Å²) in [5.41, 5.74) is -0.338. The molecule has 0 spiro atoms. The topological polar surface area (TPSA) is 32.8 Å². The van der Waals surface area contributed by atoms with Crippen molar-refractivity contribution >= 4 is 0 Å². The maximum absolute atomic E-state index is 9.81. The van der Waals surface area contributed by atoms with Gasteiger partial charge >= 0.3 is 0 Å². The molecule has 0 aromatic heterocycles. The Balaban J connectivity index is 1.98. The number of epoxide rings is 1. The van der Waals surface area contributed by atoms with E-state index >= 15 is 0 Å². The van der Waals surface area contributed by atoms with Gasteiger partial charge < -0.3 is 9.84 Å². The van der Waals surface area contributed by atoms with Gasteiger partial charge in [0.2, 0.25) is 0 Å². The van der Waals surface area contributed by atoms with Crippen molar-refractivity contribution < 1.29 is 9.84 Å². The summed E-state index contributed by atoms with van der Waals surface area (Å²) in [6.45, 7) is 5.99. The lowest BCUT2D eigenvalue weighted by atomic mass is 9.75. The Labute approximate surface area is 73.9 Å². The van der Waals surface area contributed by atoms with Crippen molar-refractivity contribution in [1.82, 2.24) is 0 Å². The molecular weight excluding hydrogens is 152 g/mol. The Hall–Kier alpha value is -0.0800. The molecule has 70 valence electrons. The zero-order valence-electron chi connectivity index (χ0n) is 8.13. The van der Waals surface area contributed by atoms with Gasteiger partial charge in [-0.1, -0.05) is 0 Å². The second-order valence-electron chi connectivity index (χ2n) is 5.04. The summed E-state index contributed by atoms with van der Waals surface area (Å²) in [6.07, 6.45) is 3.70. The standard InChI is InChI=1S/C10H18O2/c1-9(2,11)7-4-5-10(3)8(6-7)12-10/h7-8,11H,4-6H2,1-3H3/t7?,8-,10?/m0/s1. The first-order valence-corrected chi connectivity index (χ1v) is 4.82. The van der Waals surface area contributed by atoms with Crippen molar-refractivity contribution in [2.24, 2.45) is 5.92 Å². The molecule has 1 aliphatic carbocycles. The molecular formula is C10H18O2. The molecule has 0 aromatic rings. The summed E-state index contributed by atoms with van der Waals surface area (Å²) < 4.78 is 5.58. The number of aliphatic hydroxyl groups is 1. The highest BCUT2D eigenvalue weighted by Crippen LogP contribution is 2.51. The lowest BCUT2D eigenvalue weighted by Gasteiger charge is -2.32. The number of hydrogen-bond acceptors (Lipinski definition) is 2. The van der Waals surface area contributed by atoms with E-state index in [9.17, 15) is 5.11 Å². The van der Waals surface area contributed by atoms with Crippen LogP contribution < -0.4 is 0 Å². The van der Waals surface area contributed by atoms with Crippen LogP contribution in [0.5, 0.6) is 0 Å². The molecule has 2 heteroatoms. The van der Waals surface area contributed by atoms with E-state index in [-0.39, 0.29) is 5.60 Å². The number of rotatable bonds is 1. The second kappa shape index (κ2) is 2.24. The molecule has 3 atom stereocenters. The summed E-state index contributed by atoms with van der Waals surface area (Å²) >= 11 is 0. The third-order valence-electron chi connectivity index (χ3n) is 3.52. The number of hydrogen-bond donors (Lipinski definition) is 1. The maximum atomic E-state index is 9.81.